The molecule has 0 unspecified atom stereocenters. The monoisotopic (exact) mass is 515 g/mol. The molecule has 0 fully saturated rings. The third-order valence-corrected chi connectivity index (χ3v) is 7.87. The molecule has 0 spiro atoms. The van der Waals surface area contributed by atoms with Crippen LogP contribution in [0, 0.1) is 6.92 Å². The number of aryl methyl sites for hydroxylation is 1. The van der Waals surface area contributed by atoms with E-state index >= 15 is 0 Å². The zero-order valence-electron chi connectivity index (χ0n) is 22.2. The maximum atomic E-state index is 5.66. The fraction of sp³-hybridized carbons (Fsp3) is 0.387. The van der Waals surface area contributed by atoms with E-state index in [9.17, 15) is 0 Å². The lowest BCUT2D eigenvalue weighted by Crippen LogP contribution is -2.26. The second-order valence-corrected chi connectivity index (χ2v) is 11.1. The summed E-state index contributed by atoms with van der Waals surface area (Å²) in [6, 6.07) is 21.4. The fourth-order valence-corrected chi connectivity index (χ4v) is 5.75. The number of imidazole rings is 1. The number of unbranched alkanes of at least 4 members (excludes halogenated alkanes) is 2. The number of nitrogens with zero attached hydrogens (tertiary/aromatic N) is 3. The summed E-state index contributed by atoms with van der Waals surface area (Å²) in [5.41, 5.74) is 4.86. The quantitative estimate of drug-likeness (QED) is 0.192. The maximum absolute atomic E-state index is 5.66. The first-order chi connectivity index (χ1) is 18.2. The van der Waals surface area contributed by atoms with Gasteiger partial charge in [-0.1, -0.05) is 63.1 Å². The van der Waals surface area contributed by atoms with Crippen LogP contribution in [0.15, 0.2) is 60.7 Å². The summed E-state index contributed by atoms with van der Waals surface area (Å²) >= 11 is 1.83. The predicted octanol–water partition coefficient (Wildman–Crippen LogP) is 7.92. The molecular formula is C31H37N3O2S. The molecule has 5 rings (SSSR count). The summed E-state index contributed by atoms with van der Waals surface area (Å²) in [7, 11) is 0. The second-order valence-electron chi connectivity index (χ2n) is 9.76. The van der Waals surface area contributed by atoms with E-state index < -0.39 is 0 Å². The SMILES string of the molecule is CCCCN(Cc1ccc2c(c1)OCO2)Cc1c(-c2ccc(C)s2)nc(-c2ccccc2)n1CCCC. The lowest BCUT2D eigenvalue weighted by atomic mass is 10.1. The molecule has 1 aliphatic rings. The van der Waals surface area contributed by atoms with Crippen molar-refractivity contribution >= 4 is 11.3 Å². The standard InChI is InChI=1S/C31H37N3O2S/c1-4-6-17-33(20-24-14-15-27-28(19-24)36-22-35-27)21-26-30(29-16-13-23(3)37-29)32-31(34(26)18-7-5-2)25-11-9-8-10-12-25/h8-16,19H,4-7,17-18,20-22H2,1-3H3. The Balaban J connectivity index is 1.55. The van der Waals surface area contributed by atoms with Gasteiger partial charge < -0.3 is 14.0 Å². The molecule has 0 saturated carbocycles. The first-order valence-electron chi connectivity index (χ1n) is 13.5. The van der Waals surface area contributed by atoms with Crippen molar-refractivity contribution in [3.05, 3.63) is 76.8 Å². The number of thiophene rings is 1. The predicted molar refractivity (Wildman–Crippen MR) is 152 cm³/mol. The molecule has 1 aliphatic heterocycles. The third kappa shape index (κ3) is 5.91. The Morgan fingerprint density at radius 1 is 0.919 bits per heavy atom. The molecule has 0 saturated heterocycles. The molecule has 2 aromatic carbocycles. The van der Waals surface area contributed by atoms with Crippen molar-refractivity contribution in [2.24, 2.45) is 0 Å². The highest BCUT2D eigenvalue weighted by molar-refractivity contribution is 7.15. The zero-order chi connectivity index (χ0) is 25.6. The molecule has 0 radical (unpaired) electrons. The van der Waals surface area contributed by atoms with Crippen molar-refractivity contribution in [1.29, 1.82) is 0 Å². The van der Waals surface area contributed by atoms with Crippen molar-refractivity contribution in [1.82, 2.24) is 14.5 Å². The molecular weight excluding hydrogens is 478 g/mol. The van der Waals surface area contributed by atoms with E-state index in [0.717, 1.165) is 68.5 Å². The molecule has 0 N–H and O–H groups in total. The van der Waals surface area contributed by atoms with E-state index in [1.807, 2.05) is 17.4 Å². The fourth-order valence-electron chi connectivity index (χ4n) is 4.88. The van der Waals surface area contributed by atoms with E-state index in [0.29, 0.717) is 6.79 Å². The van der Waals surface area contributed by atoms with Gasteiger partial charge in [0.05, 0.1) is 10.6 Å². The smallest absolute Gasteiger partial charge is 0.231 e. The van der Waals surface area contributed by atoms with Gasteiger partial charge in [-0.05, 0) is 56.1 Å². The highest BCUT2D eigenvalue weighted by Crippen LogP contribution is 2.36. The maximum Gasteiger partial charge on any atom is 0.231 e. The molecule has 0 amide bonds. The van der Waals surface area contributed by atoms with E-state index in [-0.39, 0.29) is 0 Å². The molecule has 4 aromatic rings. The molecule has 0 bridgehead atoms. The van der Waals surface area contributed by atoms with E-state index in [2.05, 4.69) is 84.8 Å². The van der Waals surface area contributed by atoms with E-state index in [1.165, 1.54) is 33.0 Å². The normalized spacial score (nSPS) is 12.5. The molecule has 0 aliphatic carbocycles. The van der Waals surface area contributed by atoms with Crippen molar-refractivity contribution in [2.75, 3.05) is 13.3 Å². The highest BCUT2D eigenvalue weighted by atomic mass is 32.1. The van der Waals surface area contributed by atoms with Crippen LogP contribution in [0.1, 0.15) is 55.7 Å². The lowest BCUT2D eigenvalue weighted by Gasteiger charge is -2.24. The Bertz CT molecular complexity index is 1310. The van der Waals surface area contributed by atoms with Gasteiger partial charge in [0.25, 0.3) is 0 Å². The molecule has 2 aromatic heterocycles. The molecule has 0 atom stereocenters. The Labute approximate surface area is 224 Å². The molecule has 3 heterocycles. The largest absolute Gasteiger partial charge is 0.454 e. The molecule has 6 heteroatoms. The van der Waals surface area contributed by atoms with Crippen molar-refractivity contribution in [3.63, 3.8) is 0 Å². The summed E-state index contributed by atoms with van der Waals surface area (Å²) < 4.78 is 13.7. The second kappa shape index (κ2) is 12.0. The molecule has 37 heavy (non-hydrogen) atoms. The minimum atomic E-state index is 0.306. The van der Waals surface area contributed by atoms with Crippen LogP contribution in [0.4, 0.5) is 0 Å². The van der Waals surface area contributed by atoms with Crippen LogP contribution in [0.3, 0.4) is 0 Å². The molecule has 5 nitrogen and oxygen atoms in total. The van der Waals surface area contributed by atoms with Gasteiger partial charge in [0, 0.05) is 30.1 Å². The van der Waals surface area contributed by atoms with Crippen molar-refractivity contribution in [3.8, 4) is 33.5 Å². The summed E-state index contributed by atoms with van der Waals surface area (Å²) in [4.78, 5) is 10.4. The average Bonchev–Trinajstić information content (AvgIpc) is 3.65. The number of ether oxygens (including phenoxy) is 2. The van der Waals surface area contributed by atoms with Gasteiger partial charge >= 0.3 is 0 Å². The van der Waals surface area contributed by atoms with Gasteiger partial charge in [-0.2, -0.15) is 0 Å². The summed E-state index contributed by atoms with van der Waals surface area (Å²) in [6.45, 7) is 10.7. The Morgan fingerprint density at radius 3 is 2.49 bits per heavy atom. The van der Waals surface area contributed by atoms with Gasteiger partial charge in [-0.25, -0.2) is 4.98 Å². The summed E-state index contributed by atoms with van der Waals surface area (Å²) in [5.74, 6) is 2.76. The van der Waals surface area contributed by atoms with Crippen LogP contribution in [0.25, 0.3) is 22.0 Å². The number of rotatable bonds is 12. The first-order valence-corrected chi connectivity index (χ1v) is 14.3. The van der Waals surface area contributed by atoms with Gasteiger partial charge in [0.1, 0.15) is 11.5 Å². The Morgan fingerprint density at radius 2 is 1.73 bits per heavy atom. The Hall–Kier alpha value is -3.09. The van der Waals surface area contributed by atoms with Gasteiger partial charge in [0.2, 0.25) is 6.79 Å². The first kappa shape index (κ1) is 25.6. The number of benzene rings is 2. The minimum absolute atomic E-state index is 0.306. The van der Waals surface area contributed by atoms with Crippen molar-refractivity contribution in [2.45, 2.75) is 66.1 Å². The molecule has 194 valence electrons. The van der Waals surface area contributed by atoms with Gasteiger partial charge in [-0.15, -0.1) is 11.3 Å². The van der Waals surface area contributed by atoms with Crippen LogP contribution in [-0.2, 0) is 19.6 Å². The number of aromatic nitrogens is 2. The third-order valence-electron chi connectivity index (χ3n) is 6.86. The van der Waals surface area contributed by atoms with Crippen LogP contribution in [-0.4, -0.2) is 27.8 Å². The van der Waals surface area contributed by atoms with Crippen LogP contribution in [0.2, 0.25) is 0 Å². The van der Waals surface area contributed by atoms with E-state index in [4.69, 9.17) is 14.5 Å². The number of fused-ring (bicyclic) bond motifs is 1. The van der Waals surface area contributed by atoms with Crippen LogP contribution >= 0.6 is 11.3 Å². The van der Waals surface area contributed by atoms with E-state index in [1.54, 1.807) is 0 Å². The number of hydrogen-bond acceptors (Lipinski definition) is 5. The highest BCUT2D eigenvalue weighted by Gasteiger charge is 2.23. The topological polar surface area (TPSA) is 39.5 Å². The van der Waals surface area contributed by atoms with Crippen LogP contribution < -0.4 is 9.47 Å². The minimum Gasteiger partial charge on any atom is -0.454 e. The van der Waals surface area contributed by atoms with Gasteiger partial charge in [0.15, 0.2) is 11.5 Å². The van der Waals surface area contributed by atoms with Crippen LogP contribution in [0.5, 0.6) is 11.5 Å². The number of hydrogen-bond donors (Lipinski definition) is 0. The van der Waals surface area contributed by atoms with Gasteiger partial charge in [-0.3, -0.25) is 4.90 Å². The summed E-state index contributed by atoms with van der Waals surface area (Å²) in [6.07, 6.45) is 4.60. The average molecular weight is 516 g/mol. The van der Waals surface area contributed by atoms with Crippen molar-refractivity contribution < 1.29 is 9.47 Å². The zero-order valence-corrected chi connectivity index (χ0v) is 23.0. The lowest BCUT2D eigenvalue weighted by molar-refractivity contribution is 0.174. The Kier molecular flexibility index (Phi) is 8.27. The summed E-state index contributed by atoms with van der Waals surface area (Å²) in [5, 5.41) is 0.